The molecule has 1 saturated carbocycles. The molecule has 30 heavy (non-hydrogen) atoms. The Bertz CT molecular complexity index is 1030. The summed E-state index contributed by atoms with van der Waals surface area (Å²) in [6, 6.07) is 15.4. The summed E-state index contributed by atoms with van der Waals surface area (Å²) >= 11 is 6.06. The molecule has 158 valence electrons. The van der Waals surface area contributed by atoms with Crippen LogP contribution in [-0.4, -0.2) is 21.6 Å². The van der Waals surface area contributed by atoms with Crippen molar-refractivity contribution in [1.29, 1.82) is 0 Å². The molecule has 4 nitrogen and oxygen atoms in total. The van der Waals surface area contributed by atoms with E-state index in [1.807, 2.05) is 53.1 Å². The van der Waals surface area contributed by atoms with E-state index < -0.39 is 0 Å². The molecule has 1 heterocycles. The van der Waals surface area contributed by atoms with Crippen LogP contribution >= 0.6 is 11.6 Å². The van der Waals surface area contributed by atoms with Crippen molar-refractivity contribution in [2.24, 2.45) is 17.8 Å². The van der Waals surface area contributed by atoms with Gasteiger partial charge in [-0.25, -0.2) is 4.98 Å². The van der Waals surface area contributed by atoms with E-state index >= 15 is 0 Å². The minimum absolute atomic E-state index is 0.00461. The molecule has 1 aliphatic rings. The van der Waals surface area contributed by atoms with Crippen LogP contribution in [0.25, 0.3) is 22.4 Å². The first kappa shape index (κ1) is 20.9. The zero-order valence-electron chi connectivity index (χ0n) is 17.8. The van der Waals surface area contributed by atoms with Gasteiger partial charge >= 0.3 is 5.97 Å². The highest BCUT2D eigenvalue weighted by molar-refractivity contribution is 6.30. The molecule has 0 spiro atoms. The smallest absolute Gasteiger partial charge is 0.326 e. The summed E-state index contributed by atoms with van der Waals surface area (Å²) in [5.74, 6) is 2.09. The highest BCUT2D eigenvalue weighted by Gasteiger charge is 2.33. The quantitative estimate of drug-likeness (QED) is 0.447. The Hall–Kier alpha value is -2.33. The van der Waals surface area contributed by atoms with Gasteiger partial charge in [-0.3, -0.25) is 4.79 Å². The molecule has 4 rings (SSSR count). The van der Waals surface area contributed by atoms with E-state index in [1.54, 1.807) is 0 Å². The van der Waals surface area contributed by atoms with Crippen molar-refractivity contribution in [3.8, 4) is 11.4 Å². The van der Waals surface area contributed by atoms with Crippen LogP contribution < -0.4 is 0 Å². The lowest BCUT2D eigenvalue weighted by Gasteiger charge is -2.36. The van der Waals surface area contributed by atoms with E-state index in [-0.39, 0.29) is 18.6 Å². The van der Waals surface area contributed by atoms with Gasteiger partial charge < -0.3 is 9.30 Å². The number of nitrogens with zero attached hydrogens (tertiary/aromatic N) is 2. The topological polar surface area (TPSA) is 44.1 Å². The highest BCUT2D eigenvalue weighted by Crippen LogP contribution is 2.35. The van der Waals surface area contributed by atoms with Crippen LogP contribution in [0.4, 0.5) is 0 Å². The Morgan fingerprint density at radius 2 is 1.90 bits per heavy atom. The van der Waals surface area contributed by atoms with Gasteiger partial charge in [0.15, 0.2) is 0 Å². The lowest BCUT2D eigenvalue weighted by Crippen LogP contribution is -2.36. The average Bonchev–Trinajstić information content (AvgIpc) is 3.07. The first-order chi connectivity index (χ1) is 14.4. The van der Waals surface area contributed by atoms with E-state index in [1.165, 1.54) is 6.42 Å². The molecule has 1 fully saturated rings. The fourth-order valence-electron chi connectivity index (χ4n) is 4.64. The zero-order valence-corrected chi connectivity index (χ0v) is 18.6. The number of aromatic nitrogens is 2. The second-order valence-corrected chi connectivity index (χ2v) is 9.31. The molecule has 2 aromatic carbocycles. The van der Waals surface area contributed by atoms with E-state index in [4.69, 9.17) is 21.3 Å². The number of carbonyl (C=O) groups excluding carboxylic acids is 1. The summed E-state index contributed by atoms with van der Waals surface area (Å²) in [6.07, 6.45) is 3.28. The third kappa shape index (κ3) is 4.39. The molecule has 0 unspecified atom stereocenters. The molecule has 1 aromatic heterocycles. The van der Waals surface area contributed by atoms with Crippen LogP contribution in [0.1, 0.15) is 40.0 Å². The molecule has 3 atom stereocenters. The SMILES string of the molecule is CC(C)[C@@H]1CC[C@@H](C)C[C@H]1OC(=O)Cn1c(-c2ccc(Cl)cc2)nc2ccccc21. The van der Waals surface area contributed by atoms with Crippen molar-refractivity contribution < 1.29 is 9.53 Å². The van der Waals surface area contributed by atoms with Crippen molar-refractivity contribution in [2.75, 3.05) is 0 Å². The fraction of sp³-hybridized carbons (Fsp3) is 0.440. The van der Waals surface area contributed by atoms with E-state index in [9.17, 15) is 4.79 Å². The second-order valence-electron chi connectivity index (χ2n) is 8.87. The number of imidazole rings is 1. The van der Waals surface area contributed by atoms with Crippen molar-refractivity contribution in [3.63, 3.8) is 0 Å². The first-order valence-electron chi connectivity index (χ1n) is 10.8. The predicted octanol–water partition coefficient (Wildman–Crippen LogP) is 6.36. The number of rotatable bonds is 5. The molecule has 3 aromatic rings. The number of esters is 1. The maximum absolute atomic E-state index is 13.0. The van der Waals surface area contributed by atoms with Crippen LogP contribution in [0.15, 0.2) is 48.5 Å². The largest absolute Gasteiger partial charge is 0.461 e. The summed E-state index contributed by atoms with van der Waals surface area (Å²) < 4.78 is 8.02. The van der Waals surface area contributed by atoms with Crippen LogP contribution in [0, 0.1) is 17.8 Å². The molecular weight excluding hydrogens is 396 g/mol. The zero-order chi connectivity index (χ0) is 21.3. The van der Waals surface area contributed by atoms with Crippen LogP contribution in [0.3, 0.4) is 0 Å². The maximum atomic E-state index is 13.0. The second kappa shape index (κ2) is 8.81. The Kier molecular flexibility index (Phi) is 6.14. The standard InChI is InChI=1S/C25H29ClN2O2/c1-16(2)20-13-8-17(3)14-23(20)30-24(29)15-28-22-7-5-4-6-21(22)27-25(28)18-9-11-19(26)12-10-18/h4-7,9-12,16-17,20,23H,8,13-15H2,1-3H3/t17-,20+,23-/m1/s1. The summed E-state index contributed by atoms with van der Waals surface area (Å²) in [4.78, 5) is 17.8. The number of hydrogen-bond acceptors (Lipinski definition) is 3. The molecule has 0 saturated heterocycles. The van der Waals surface area contributed by atoms with Gasteiger partial charge in [0.1, 0.15) is 18.5 Å². The van der Waals surface area contributed by atoms with Gasteiger partial charge in [-0.1, -0.05) is 50.9 Å². The van der Waals surface area contributed by atoms with Gasteiger partial charge in [0.25, 0.3) is 0 Å². The summed E-state index contributed by atoms with van der Waals surface area (Å²) in [5.41, 5.74) is 2.72. The normalized spacial score (nSPS) is 21.8. The monoisotopic (exact) mass is 424 g/mol. The third-order valence-electron chi connectivity index (χ3n) is 6.29. The molecule has 0 radical (unpaired) electrons. The summed E-state index contributed by atoms with van der Waals surface area (Å²) in [7, 11) is 0. The number of hydrogen-bond donors (Lipinski definition) is 0. The van der Waals surface area contributed by atoms with Crippen molar-refractivity contribution in [2.45, 2.75) is 52.7 Å². The van der Waals surface area contributed by atoms with Crippen molar-refractivity contribution >= 4 is 28.6 Å². The number of fused-ring (bicyclic) bond motifs is 1. The number of benzene rings is 2. The van der Waals surface area contributed by atoms with Gasteiger partial charge in [0.2, 0.25) is 0 Å². The lowest BCUT2D eigenvalue weighted by molar-refractivity contribution is -0.156. The Labute approximate surface area is 183 Å². The summed E-state index contributed by atoms with van der Waals surface area (Å²) in [5, 5.41) is 0.673. The number of carbonyl (C=O) groups is 1. The number of ether oxygens (including phenoxy) is 1. The summed E-state index contributed by atoms with van der Waals surface area (Å²) in [6.45, 7) is 6.85. The van der Waals surface area contributed by atoms with Crippen LogP contribution in [0.5, 0.6) is 0 Å². The van der Waals surface area contributed by atoms with E-state index in [0.717, 1.165) is 35.3 Å². The van der Waals surface area contributed by atoms with Crippen molar-refractivity contribution in [3.05, 3.63) is 53.6 Å². The van der Waals surface area contributed by atoms with E-state index in [0.29, 0.717) is 22.8 Å². The number of halogens is 1. The predicted molar refractivity (Wildman–Crippen MR) is 121 cm³/mol. The fourth-order valence-corrected chi connectivity index (χ4v) is 4.77. The number of para-hydroxylation sites is 2. The third-order valence-corrected chi connectivity index (χ3v) is 6.54. The van der Waals surface area contributed by atoms with Gasteiger partial charge in [-0.05, 0) is 67.0 Å². The van der Waals surface area contributed by atoms with Gasteiger partial charge in [0, 0.05) is 10.6 Å². The minimum Gasteiger partial charge on any atom is -0.461 e. The lowest BCUT2D eigenvalue weighted by atomic mass is 9.75. The average molecular weight is 425 g/mol. The minimum atomic E-state index is -0.196. The molecule has 0 aliphatic heterocycles. The Morgan fingerprint density at radius 1 is 1.17 bits per heavy atom. The molecule has 0 bridgehead atoms. The highest BCUT2D eigenvalue weighted by atomic mass is 35.5. The first-order valence-corrected chi connectivity index (χ1v) is 11.2. The van der Waals surface area contributed by atoms with Gasteiger partial charge in [-0.15, -0.1) is 0 Å². The molecule has 0 N–H and O–H groups in total. The van der Waals surface area contributed by atoms with Crippen LogP contribution in [0.2, 0.25) is 5.02 Å². The Morgan fingerprint density at radius 3 is 2.63 bits per heavy atom. The Balaban J connectivity index is 1.62. The molecule has 0 amide bonds. The maximum Gasteiger partial charge on any atom is 0.326 e. The van der Waals surface area contributed by atoms with Crippen LogP contribution in [-0.2, 0) is 16.1 Å². The van der Waals surface area contributed by atoms with Gasteiger partial charge in [-0.2, -0.15) is 0 Å². The van der Waals surface area contributed by atoms with Gasteiger partial charge in [0.05, 0.1) is 11.0 Å². The molecule has 1 aliphatic carbocycles. The van der Waals surface area contributed by atoms with Crippen molar-refractivity contribution in [1.82, 2.24) is 9.55 Å². The van der Waals surface area contributed by atoms with E-state index in [2.05, 4.69) is 20.8 Å². The molecule has 5 heteroatoms. The molecular formula is C25H29ClN2O2.